The molecule has 4 N–H and O–H groups in total. The van der Waals surface area contributed by atoms with Gasteiger partial charge in [-0.15, -0.1) is 0 Å². The highest BCUT2D eigenvalue weighted by Crippen LogP contribution is 2.12. The first-order chi connectivity index (χ1) is 9.69. The number of amides is 1. The molecule has 0 radical (unpaired) electrons. The van der Waals surface area contributed by atoms with Crippen LogP contribution in [0.3, 0.4) is 0 Å². The van der Waals surface area contributed by atoms with Gasteiger partial charge in [-0.1, -0.05) is 0 Å². The molecule has 116 valence electrons. The molecule has 0 aliphatic carbocycles. The number of rotatable bonds is 5. The average Bonchev–Trinajstić information content (AvgIpc) is 2.32. The molecule has 0 atom stereocenters. The van der Waals surface area contributed by atoms with Gasteiger partial charge in [0.15, 0.2) is 5.69 Å². The third-order valence-electron chi connectivity index (χ3n) is 2.49. The first-order valence-electron chi connectivity index (χ1n) is 6.63. The van der Waals surface area contributed by atoms with E-state index in [2.05, 4.69) is 10.3 Å². The zero-order valence-corrected chi connectivity index (χ0v) is 12.5. The highest BCUT2D eigenvalue weighted by Gasteiger charge is 2.15. The lowest BCUT2D eigenvalue weighted by Gasteiger charge is -2.19. The number of anilines is 1. The summed E-state index contributed by atoms with van der Waals surface area (Å²) in [5.41, 5.74) is 5.91. The van der Waals surface area contributed by atoms with Crippen LogP contribution in [0.1, 0.15) is 43.2 Å². The molecule has 0 fully saturated rings. The van der Waals surface area contributed by atoms with Crippen molar-refractivity contribution in [3.05, 3.63) is 23.5 Å². The SMILES string of the molecule is CC(C)(C)OC(=O)NCCCc1cnc(C(=O)O)c(N)c1. The number of nitrogens with two attached hydrogens (primary N) is 1. The predicted molar refractivity (Wildman–Crippen MR) is 78.2 cm³/mol. The Labute approximate surface area is 123 Å². The lowest BCUT2D eigenvalue weighted by atomic mass is 10.1. The highest BCUT2D eigenvalue weighted by molar-refractivity contribution is 5.91. The van der Waals surface area contributed by atoms with Crippen molar-refractivity contribution in [1.82, 2.24) is 10.3 Å². The standard InChI is InChI=1S/C14H21N3O4/c1-14(2,3)21-13(20)16-6-4-5-9-7-10(15)11(12(18)19)17-8-9/h7-8H,4-6,15H2,1-3H3,(H,16,20)(H,18,19). The zero-order valence-electron chi connectivity index (χ0n) is 12.5. The Kier molecular flexibility index (Phi) is 5.52. The van der Waals surface area contributed by atoms with E-state index in [0.717, 1.165) is 5.56 Å². The van der Waals surface area contributed by atoms with Crippen molar-refractivity contribution in [2.45, 2.75) is 39.2 Å². The van der Waals surface area contributed by atoms with Crippen molar-refractivity contribution in [1.29, 1.82) is 0 Å². The average molecular weight is 295 g/mol. The van der Waals surface area contributed by atoms with Crippen molar-refractivity contribution in [3.63, 3.8) is 0 Å². The van der Waals surface area contributed by atoms with Gasteiger partial charge in [0, 0.05) is 12.7 Å². The van der Waals surface area contributed by atoms with E-state index in [1.807, 2.05) is 0 Å². The van der Waals surface area contributed by atoms with Crippen LogP contribution in [0.15, 0.2) is 12.3 Å². The van der Waals surface area contributed by atoms with E-state index in [-0.39, 0.29) is 11.4 Å². The topological polar surface area (TPSA) is 115 Å². The van der Waals surface area contributed by atoms with Gasteiger partial charge in [-0.3, -0.25) is 0 Å². The monoisotopic (exact) mass is 295 g/mol. The minimum atomic E-state index is -1.15. The van der Waals surface area contributed by atoms with Crippen LogP contribution in [0.25, 0.3) is 0 Å². The summed E-state index contributed by atoms with van der Waals surface area (Å²) in [7, 11) is 0. The number of carbonyl (C=O) groups excluding carboxylic acids is 1. The molecule has 0 saturated heterocycles. The number of carboxylic acids is 1. The molecule has 1 heterocycles. The number of aryl methyl sites for hydroxylation is 1. The van der Waals surface area contributed by atoms with Gasteiger partial charge < -0.3 is 20.9 Å². The number of hydrogen-bond donors (Lipinski definition) is 3. The van der Waals surface area contributed by atoms with Crippen molar-refractivity contribution in [2.24, 2.45) is 0 Å². The fraction of sp³-hybridized carbons (Fsp3) is 0.500. The first kappa shape index (κ1) is 16.7. The summed E-state index contributed by atoms with van der Waals surface area (Å²) in [6.45, 7) is 5.84. The maximum atomic E-state index is 11.4. The third kappa shape index (κ3) is 6.11. The van der Waals surface area contributed by atoms with Crippen LogP contribution in [0.5, 0.6) is 0 Å². The Morgan fingerprint density at radius 1 is 1.43 bits per heavy atom. The number of aromatic carboxylic acids is 1. The van der Waals surface area contributed by atoms with Crippen molar-refractivity contribution >= 4 is 17.7 Å². The summed E-state index contributed by atoms with van der Waals surface area (Å²) in [5, 5.41) is 11.5. The van der Waals surface area contributed by atoms with Crippen molar-refractivity contribution in [3.8, 4) is 0 Å². The van der Waals surface area contributed by atoms with E-state index < -0.39 is 17.7 Å². The van der Waals surface area contributed by atoms with Gasteiger partial charge in [-0.05, 0) is 45.2 Å². The molecule has 21 heavy (non-hydrogen) atoms. The number of ether oxygens (including phenoxy) is 1. The van der Waals surface area contributed by atoms with Gasteiger partial charge in [0.25, 0.3) is 0 Å². The van der Waals surface area contributed by atoms with E-state index in [4.69, 9.17) is 15.6 Å². The number of carbonyl (C=O) groups is 2. The van der Waals surface area contributed by atoms with Crippen LogP contribution >= 0.6 is 0 Å². The van der Waals surface area contributed by atoms with Crippen molar-refractivity contribution in [2.75, 3.05) is 12.3 Å². The lowest BCUT2D eigenvalue weighted by Crippen LogP contribution is -2.33. The quantitative estimate of drug-likeness (QED) is 0.714. The van der Waals surface area contributed by atoms with E-state index in [1.54, 1.807) is 26.8 Å². The Morgan fingerprint density at radius 3 is 2.62 bits per heavy atom. The number of nitrogens with one attached hydrogen (secondary N) is 1. The predicted octanol–water partition coefficient (Wildman–Crippen LogP) is 1.82. The molecule has 7 heteroatoms. The Balaban J connectivity index is 2.38. The second-order valence-corrected chi connectivity index (χ2v) is 5.62. The molecular formula is C14H21N3O4. The second-order valence-electron chi connectivity index (χ2n) is 5.62. The van der Waals surface area contributed by atoms with Crippen LogP contribution in [0, 0.1) is 0 Å². The van der Waals surface area contributed by atoms with Gasteiger partial charge in [-0.25, -0.2) is 14.6 Å². The Morgan fingerprint density at radius 2 is 2.10 bits per heavy atom. The smallest absolute Gasteiger partial charge is 0.407 e. The first-order valence-corrected chi connectivity index (χ1v) is 6.63. The maximum Gasteiger partial charge on any atom is 0.407 e. The molecule has 0 unspecified atom stereocenters. The summed E-state index contributed by atoms with van der Waals surface area (Å²) in [5.74, 6) is -1.15. The van der Waals surface area contributed by atoms with Gasteiger partial charge in [0.2, 0.25) is 0 Å². The zero-order chi connectivity index (χ0) is 16.0. The molecule has 7 nitrogen and oxygen atoms in total. The molecule has 1 aromatic heterocycles. The van der Waals surface area contributed by atoms with E-state index >= 15 is 0 Å². The summed E-state index contributed by atoms with van der Waals surface area (Å²) < 4.78 is 5.10. The number of carboxylic acid groups (broad SMARTS) is 1. The summed E-state index contributed by atoms with van der Waals surface area (Å²) >= 11 is 0. The Bertz CT molecular complexity index is 523. The number of aromatic nitrogens is 1. The molecule has 0 bridgehead atoms. The van der Waals surface area contributed by atoms with Gasteiger partial charge >= 0.3 is 12.1 Å². The minimum absolute atomic E-state index is 0.139. The number of nitrogen functional groups attached to an aromatic ring is 1. The molecule has 1 amide bonds. The van der Waals surface area contributed by atoms with E-state index in [9.17, 15) is 9.59 Å². The Hall–Kier alpha value is -2.31. The number of hydrogen-bond acceptors (Lipinski definition) is 5. The lowest BCUT2D eigenvalue weighted by molar-refractivity contribution is 0.0526. The maximum absolute atomic E-state index is 11.4. The molecule has 0 aromatic carbocycles. The van der Waals surface area contributed by atoms with Crippen molar-refractivity contribution < 1.29 is 19.4 Å². The van der Waals surface area contributed by atoms with Crippen LogP contribution < -0.4 is 11.1 Å². The second kappa shape index (κ2) is 6.92. The largest absolute Gasteiger partial charge is 0.476 e. The molecule has 0 spiro atoms. The fourth-order valence-electron chi connectivity index (χ4n) is 1.64. The molecular weight excluding hydrogens is 274 g/mol. The van der Waals surface area contributed by atoms with Crippen LogP contribution in [-0.2, 0) is 11.2 Å². The molecule has 0 aliphatic heterocycles. The highest BCUT2D eigenvalue weighted by atomic mass is 16.6. The van der Waals surface area contributed by atoms with E-state index in [0.29, 0.717) is 19.4 Å². The number of nitrogens with zero attached hydrogens (tertiary/aromatic N) is 1. The molecule has 0 saturated carbocycles. The number of pyridine rings is 1. The van der Waals surface area contributed by atoms with Crippen LogP contribution in [0.2, 0.25) is 0 Å². The minimum Gasteiger partial charge on any atom is -0.476 e. The molecule has 0 aliphatic rings. The summed E-state index contributed by atoms with van der Waals surface area (Å²) in [6, 6.07) is 1.59. The summed E-state index contributed by atoms with van der Waals surface area (Å²) in [4.78, 5) is 26.0. The number of alkyl carbamates (subject to hydrolysis) is 1. The molecule has 1 rings (SSSR count). The van der Waals surface area contributed by atoms with Crippen LogP contribution in [0.4, 0.5) is 10.5 Å². The fourth-order valence-corrected chi connectivity index (χ4v) is 1.64. The normalized spacial score (nSPS) is 11.0. The van der Waals surface area contributed by atoms with Gasteiger partial charge in [-0.2, -0.15) is 0 Å². The van der Waals surface area contributed by atoms with Gasteiger partial charge in [0.05, 0.1) is 5.69 Å². The van der Waals surface area contributed by atoms with Gasteiger partial charge in [0.1, 0.15) is 5.60 Å². The van der Waals surface area contributed by atoms with E-state index in [1.165, 1.54) is 6.20 Å². The molecule has 1 aromatic rings. The summed E-state index contributed by atoms with van der Waals surface area (Å²) in [6.07, 6.45) is 2.33. The van der Waals surface area contributed by atoms with Crippen LogP contribution in [-0.4, -0.2) is 34.3 Å². The third-order valence-corrected chi connectivity index (χ3v) is 2.49.